The summed E-state index contributed by atoms with van der Waals surface area (Å²) in [5.41, 5.74) is 1.45. The van der Waals surface area contributed by atoms with Crippen LogP contribution in [-0.4, -0.2) is 20.2 Å². The summed E-state index contributed by atoms with van der Waals surface area (Å²) in [6.45, 7) is 0. The second-order valence-electron chi connectivity index (χ2n) is 9.07. The Kier molecular flexibility index (Phi) is 8.05. The molecular formula is C34H30O4P+. The molecule has 0 aliphatic rings. The fourth-order valence-corrected chi connectivity index (χ4v) is 9.10. The molecule has 0 spiro atoms. The van der Waals surface area contributed by atoms with Gasteiger partial charge in [0.05, 0.1) is 19.8 Å². The lowest BCUT2D eigenvalue weighted by molar-refractivity contribution is 0.0600. The predicted molar refractivity (Wildman–Crippen MR) is 160 cm³/mol. The topological polar surface area (TPSA) is 44.8 Å². The first-order valence-corrected chi connectivity index (χ1v) is 14.7. The third kappa shape index (κ3) is 5.57. The highest BCUT2D eigenvalue weighted by Crippen LogP contribution is 2.59. The van der Waals surface area contributed by atoms with Crippen molar-refractivity contribution in [3.63, 3.8) is 0 Å². The summed E-state index contributed by atoms with van der Waals surface area (Å²) in [4.78, 5) is 12.1. The van der Waals surface area contributed by atoms with E-state index in [4.69, 9.17) is 14.2 Å². The van der Waals surface area contributed by atoms with Gasteiger partial charge in [0.1, 0.15) is 46.6 Å². The first kappa shape index (κ1) is 26.2. The lowest BCUT2D eigenvalue weighted by Crippen LogP contribution is -2.32. The second kappa shape index (κ2) is 12.0. The summed E-state index contributed by atoms with van der Waals surface area (Å²) < 4.78 is 17.0. The van der Waals surface area contributed by atoms with E-state index in [2.05, 4.69) is 97.1 Å². The highest BCUT2D eigenvalue weighted by molar-refractivity contribution is 7.95. The van der Waals surface area contributed by atoms with E-state index >= 15 is 0 Å². The molecule has 39 heavy (non-hydrogen) atoms. The lowest BCUT2D eigenvalue weighted by Gasteiger charge is -2.28. The molecule has 0 N–H and O–H groups in total. The molecule has 0 aromatic heterocycles. The van der Waals surface area contributed by atoms with E-state index in [1.54, 1.807) is 25.3 Å². The van der Waals surface area contributed by atoms with E-state index < -0.39 is 13.2 Å². The van der Waals surface area contributed by atoms with Gasteiger partial charge in [-0.25, -0.2) is 4.79 Å². The summed E-state index contributed by atoms with van der Waals surface area (Å²) >= 11 is 0. The van der Waals surface area contributed by atoms with Crippen LogP contribution in [0.5, 0.6) is 17.2 Å². The first-order valence-electron chi connectivity index (χ1n) is 12.7. The standard InChI is InChI=1S/C34H30O4P/c1-36-28-21-22-33(38-29-14-12-13-26(23-29)34(35)37-2)27(24-28)25-39(30-15-6-3-7-16-30,31-17-8-4-9-18-31)32-19-10-5-11-20-32/h3-24H,25H2,1-2H3/q+1. The van der Waals surface area contributed by atoms with Gasteiger partial charge < -0.3 is 14.2 Å². The number of esters is 1. The number of hydrogen-bond acceptors (Lipinski definition) is 4. The second-order valence-corrected chi connectivity index (χ2v) is 12.6. The van der Waals surface area contributed by atoms with E-state index in [1.165, 1.54) is 23.0 Å². The van der Waals surface area contributed by atoms with Crippen molar-refractivity contribution in [3.8, 4) is 17.2 Å². The average molecular weight is 534 g/mol. The fraction of sp³-hybridized carbons (Fsp3) is 0.0882. The molecule has 0 bridgehead atoms. The SMILES string of the molecule is COC(=O)c1cccc(Oc2ccc(OC)cc2C[P+](c2ccccc2)(c2ccccc2)c2ccccc2)c1. The zero-order valence-corrected chi connectivity index (χ0v) is 22.9. The summed E-state index contributed by atoms with van der Waals surface area (Å²) in [6.07, 6.45) is 0.717. The summed E-state index contributed by atoms with van der Waals surface area (Å²) in [6, 6.07) is 45.2. The van der Waals surface area contributed by atoms with Gasteiger partial charge in [-0.1, -0.05) is 60.7 Å². The van der Waals surface area contributed by atoms with Crippen LogP contribution < -0.4 is 25.4 Å². The minimum atomic E-state index is -2.18. The molecule has 0 aliphatic carbocycles. The molecule has 5 rings (SSSR count). The number of carbonyl (C=O) groups excluding carboxylic acids is 1. The number of methoxy groups -OCH3 is 2. The molecular weight excluding hydrogens is 503 g/mol. The minimum absolute atomic E-state index is 0.405. The van der Waals surface area contributed by atoms with Gasteiger partial charge in [0.2, 0.25) is 0 Å². The first-order chi connectivity index (χ1) is 19.1. The van der Waals surface area contributed by atoms with Crippen molar-refractivity contribution in [2.45, 2.75) is 6.16 Å². The Morgan fingerprint density at radius 3 is 1.69 bits per heavy atom. The van der Waals surface area contributed by atoms with Crippen molar-refractivity contribution in [3.05, 3.63) is 145 Å². The van der Waals surface area contributed by atoms with Crippen molar-refractivity contribution >= 4 is 29.1 Å². The van der Waals surface area contributed by atoms with E-state index in [-0.39, 0.29) is 0 Å². The van der Waals surface area contributed by atoms with Crippen molar-refractivity contribution in [2.75, 3.05) is 14.2 Å². The number of hydrogen-bond donors (Lipinski definition) is 0. The average Bonchev–Trinajstić information content (AvgIpc) is 3.01. The third-order valence-electron chi connectivity index (χ3n) is 6.75. The van der Waals surface area contributed by atoms with Crippen LogP contribution >= 0.6 is 7.26 Å². The van der Waals surface area contributed by atoms with Crippen molar-refractivity contribution in [2.24, 2.45) is 0 Å². The molecule has 4 nitrogen and oxygen atoms in total. The Morgan fingerprint density at radius 2 is 1.18 bits per heavy atom. The zero-order valence-electron chi connectivity index (χ0n) is 22.0. The molecule has 0 unspecified atom stereocenters. The summed E-state index contributed by atoms with van der Waals surface area (Å²) in [5, 5.41) is 3.84. The number of carbonyl (C=O) groups is 1. The highest BCUT2D eigenvalue weighted by atomic mass is 31.2. The molecule has 0 saturated heterocycles. The lowest BCUT2D eigenvalue weighted by atomic mass is 10.2. The van der Waals surface area contributed by atoms with Gasteiger partial charge in [-0.15, -0.1) is 0 Å². The smallest absolute Gasteiger partial charge is 0.337 e. The molecule has 0 heterocycles. The van der Waals surface area contributed by atoms with Crippen LogP contribution in [0.2, 0.25) is 0 Å². The molecule has 5 heteroatoms. The third-order valence-corrected chi connectivity index (χ3v) is 11.1. The van der Waals surface area contributed by atoms with E-state index in [9.17, 15) is 4.79 Å². The maximum atomic E-state index is 12.1. The summed E-state index contributed by atoms with van der Waals surface area (Å²) in [7, 11) is 0.870. The van der Waals surface area contributed by atoms with Crippen LogP contribution in [0.25, 0.3) is 0 Å². The summed E-state index contributed by atoms with van der Waals surface area (Å²) in [5.74, 6) is 1.63. The van der Waals surface area contributed by atoms with Crippen LogP contribution in [0.4, 0.5) is 0 Å². The van der Waals surface area contributed by atoms with Gasteiger partial charge in [0.15, 0.2) is 0 Å². The van der Waals surface area contributed by atoms with E-state index in [0.29, 0.717) is 23.2 Å². The normalized spacial score (nSPS) is 11.0. The van der Waals surface area contributed by atoms with E-state index in [1.807, 2.05) is 18.2 Å². The van der Waals surface area contributed by atoms with Gasteiger partial charge in [0.25, 0.3) is 0 Å². The Balaban J connectivity index is 1.69. The molecule has 0 aliphatic heterocycles. The molecule has 0 radical (unpaired) electrons. The molecule has 0 atom stereocenters. The Morgan fingerprint density at radius 1 is 0.615 bits per heavy atom. The van der Waals surface area contributed by atoms with Crippen LogP contribution in [-0.2, 0) is 10.9 Å². The monoisotopic (exact) mass is 533 g/mol. The fourth-order valence-electron chi connectivity index (χ4n) is 4.86. The van der Waals surface area contributed by atoms with Crippen LogP contribution in [0, 0.1) is 0 Å². The van der Waals surface area contributed by atoms with Crippen molar-refractivity contribution < 1.29 is 19.0 Å². The maximum absolute atomic E-state index is 12.1. The molecule has 0 fully saturated rings. The van der Waals surface area contributed by atoms with Crippen molar-refractivity contribution in [1.29, 1.82) is 0 Å². The molecule has 194 valence electrons. The van der Waals surface area contributed by atoms with Crippen molar-refractivity contribution in [1.82, 2.24) is 0 Å². The Bertz CT molecular complexity index is 1440. The van der Waals surface area contributed by atoms with Gasteiger partial charge >= 0.3 is 5.97 Å². The van der Waals surface area contributed by atoms with Gasteiger partial charge in [0, 0.05) is 5.56 Å². The zero-order chi connectivity index (χ0) is 27.1. The number of ether oxygens (including phenoxy) is 3. The van der Waals surface area contributed by atoms with Gasteiger partial charge in [-0.05, 0) is 72.8 Å². The molecule has 5 aromatic rings. The predicted octanol–water partition coefficient (Wildman–Crippen LogP) is 6.77. The van der Waals surface area contributed by atoms with Crippen LogP contribution in [0.1, 0.15) is 15.9 Å². The van der Waals surface area contributed by atoms with Crippen LogP contribution in [0.3, 0.4) is 0 Å². The maximum Gasteiger partial charge on any atom is 0.337 e. The molecule has 0 saturated carbocycles. The Hall–Kier alpha value is -4.40. The van der Waals surface area contributed by atoms with E-state index in [0.717, 1.165) is 11.3 Å². The largest absolute Gasteiger partial charge is 0.497 e. The molecule has 0 amide bonds. The van der Waals surface area contributed by atoms with Gasteiger partial charge in [-0.2, -0.15) is 0 Å². The molecule has 5 aromatic carbocycles. The van der Waals surface area contributed by atoms with Gasteiger partial charge in [-0.3, -0.25) is 0 Å². The highest BCUT2D eigenvalue weighted by Gasteiger charge is 2.46. The number of benzene rings is 5. The minimum Gasteiger partial charge on any atom is -0.497 e. The van der Waals surface area contributed by atoms with Crippen LogP contribution in [0.15, 0.2) is 133 Å². The quantitative estimate of drug-likeness (QED) is 0.155. The number of rotatable bonds is 9. The Labute approximate surface area is 230 Å².